The van der Waals surface area contributed by atoms with Gasteiger partial charge in [-0.3, -0.25) is 9.59 Å². The lowest BCUT2D eigenvalue weighted by atomic mass is 10.0. The number of carboxylic acid groups (broad SMARTS) is 1. The lowest BCUT2D eigenvalue weighted by molar-refractivity contribution is -0.136. The standard InChI is InChI=1S/C21H27ClN2O3/c1-5-24(6-2)12-11-17-14(3)20(23(4)18(17)13-19(25)26)21(27)15-7-9-16(22)10-8-15/h7-10H,5-6,11-13H2,1-4H3,(H,25,26). The third kappa shape index (κ3) is 4.79. The predicted molar refractivity (Wildman–Crippen MR) is 108 cm³/mol. The Hall–Kier alpha value is -2.11. The van der Waals surface area contributed by atoms with Crippen molar-refractivity contribution in [2.24, 2.45) is 7.05 Å². The molecular weight excluding hydrogens is 364 g/mol. The van der Waals surface area contributed by atoms with Crippen molar-refractivity contribution in [2.75, 3.05) is 19.6 Å². The molecule has 0 radical (unpaired) electrons. The maximum absolute atomic E-state index is 13.1. The Morgan fingerprint density at radius 1 is 1.15 bits per heavy atom. The number of carboxylic acids is 1. The fourth-order valence-electron chi connectivity index (χ4n) is 3.52. The highest BCUT2D eigenvalue weighted by Gasteiger charge is 2.25. The number of carbonyl (C=O) groups excluding carboxylic acids is 1. The van der Waals surface area contributed by atoms with Gasteiger partial charge < -0.3 is 14.6 Å². The number of rotatable bonds is 9. The Morgan fingerprint density at radius 3 is 2.26 bits per heavy atom. The van der Waals surface area contributed by atoms with Gasteiger partial charge in [-0.15, -0.1) is 0 Å². The molecule has 0 aliphatic heterocycles. The maximum Gasteiger partial charge on any atom is 0.309 e. The van der Waals surface area contributed by atoms with Crippen LogP contribution in [0.5, 0.6) is 0 Å². The summed E-state index contributed by atoms with van der Waals surface area (Å²) < 4.78 is 1.75. The van der Waals surface area contributed by atoms with Crippen LogP contribution in [0.3, 0.4) is 0 Å². The number of benzene rings is 1. The molecule has 1 N–H and O–H groups in total. The molecule has 0 aliphatic carbocycles. The number of hydrogen-bond donors (Lipinski definition) is 1. The number of halogens is 1. The quantitative estimate of drug-likeness (QED) is 0.662. The summed E-state index contributed by atoms with van der Waals surface area (Å²) in [5.41, 5.74) is 3.61. The van der Waals surface area contributed by atoms with Crippen molar-refractivity contribution in [3.05, 3.63) is 57.4 Å². The lowest BCUT2D eigenvalue weighted by Gasteiger charge is -2.18. The van der Waals surface area contributed by atoms with Crippen LogP contribution in [-0.4, -0.2) is 46.0 Å². The smallest absolute Gasteiger partial charge is 0.309 e. The Bertz CT molecular complexity index is 821. The van der Waals surface area contributed by atoms with Gasteiger partial charge in [0.15, 0.2) is 0 Å². The van der Waals surface area contributed by atoms with E-state index >= 15 is 0 Å². The van der Waals surface area contributed by atoms with E-state index in [-0.39, 0.29) is 12.2 Å². The molecule has 2 aromatic rings. The Labute approximate surface area is 165 Å². The molecule has 0 amide bonds. The highest BCUT2D eigenvalue weighted by atomic mass is 35.5. The van der Waals surface area contributed by atoms with E-state index < -0.39 is 5.97 Å². The van der Waals surface area contributed by atoms with Crippen LogP contribution in [0.1, 0.15) is 46.7 Å². The highest BCUT2D eigenvalue weighted by molar-refractivity contribution is 6.30. The second kappa shape index (κ2) is 9.20. The van der Waals surface area contributed by atoms with Crippen molar-refractivity contribution in [3.8, 4) is 0 Å². The minimum Gasteiger partial charge on any atom is -0.481 e. The molecule has 0 aliphatic rings. The molecule has 0 fully saturated rings. The zero-order valence-corrected chi connectivity index (χ0v) is 17.1. The van der Waals surface area contributed by atoms with Gasteiger partial charge in [-0.1, -0.05) is 25.4 Å². The lowest BCUT2D eigenvalue weighted by Crippen LogP contribution is -2.25. The van der Waals surface area contributed by atoms with Crippen molar-refractivity contribution in [1.29, 1.82) is 0 Å². The Kier molecular flexibility index (Phi) is 7.22. The van der Waals surface area contributed by atoms with E-state index in [2.05, 4.69) is 18.7 Å². The van der Waals surface area contributed by atoms with Crippen LogP contribution in [-0.2, 0) is 24.7 Å². The van der Waals surface area contributed by atoms with Gasteiger partial charge in [0.25, 0.3) is 0 Å². The van der Waals surface area contributed by atoms with Gasteiger partial charge in [-0.25, -0.2) is 0 Å². The molecular formula is C21H27ClN2O3. The van der Waals surface area contributed by atoms with Crippen LogP contribution >= 0.6 is 11.6 Å². The molecule has 0 saturated carbocycles. The van der Waals surface area contributed by atoms with Gasteiger partial charge in [0.05, 0.1) is 12.1 Å². The zero-order chi connectivity index (χ0) is 20.1. The molecule has 0 saturated heterocycles. The van der Waals surface area contributed by atoms with Crippen LogP contribution in [0.15, 0.2) is 24.3 Å². The second-order valence-corrected chi connectivity index (χ2v) is 7.08. The largest absolute Gasteiger partial charge is 0.481 e. The number of nitrogens with zero attached hydrogens (tertiary/aromatic N) is 2. The summed E-state index contributed by atoms with van der Waals surface area (Å²) >= 11 is 5.92. The third-order valence-electron chi connectivity index (χ3n) is 5.11. The first-order valence-corrected chi connectivity index (χ1v) is 9.59. The molecule has 2 rings (SSSR count). The average molecular weight is 391 g/mol. The van der Waals surface area contributed by atoms with Gasteiger partial charge in [0.2, 0.25) is 5.78 Å². The number of carbonyl (C=O) groups is 2. The maximum atomic E-state index is 13.1. The summed E-state index contributed by atoms with van der Waals surface area (Å²) in [5.74, 6) is -1.02. The van der Waals surface area contributed by atoms with E-state index in [0.29, 0.717) is 22.0 Å². The second-order valence-electron chi connectivity index (χ2n) is 6.64. The van der Waals surface area contributed by atoms with Gasteiger partial charge in [-0.05, 0) is 61.8 Å². The molecule has 0 atom stereocenters. The fraction of sp³-hybridized carbons (Fsp3) is 0.429. The van der Waals surface area contributed by atoms with Crippen molar-refractivity contribution >= 4 is 23.4 Å². The van der Waals surface area contributed by atoms with Crippen LogP contribution in [0.4, 0.5) is 0 Å². The van der Waals surface area contributed by atoms with Crippen LogP contribution in [0, 0.1) is 6.92 Å². The van der Waals surface area contributed by atoms with E-state index in [1.807, 2.05) is 6.92 Å². The van der Waals surface area contributed by atoms with Gasteiger partial charge in [0.1, 0.15) is 0 Å². The van der Waals surface area contributed by atoms with Crippen molar-refractivity contribution in [2.45, 2.75) is 33.6 Å². The number of aromatic nitrogens is 1. The van der Waals surface area contributed by atoms with E-state index in [1.54, 1.807) is 35.9 Å². The van der Waals surface area contributed by atoms with Crippen LogP contribution in [0.2, 0.25) is 5.02 Å². The average Bonchev–Trinajstić information content (AvgIpc) is 2.86. The van der Waals surface area contributed by atoms with Gasteiger partial charge >= 0.3 is 5.97 Å². The Morgan fingerprint density at radius 2 is 1.74 bits per heavy atom. The van der Waals surface area contributed by atoms with Gasteiger partial charge in [0, 0.05) is 29.9 Å². The third-order valence-corrected chi connectivity index (χ3v) is 5.36. The van der Waals surface area contributed by atoms with Crippen molar-refractivity contribution in [1.82, 2.24) is 9.47 Å². The number of hydrogen-bond acceptors (Lipinski definition) is 3. The van der Waals surface area contributed by atoms with Crippen LogP contribution in [0.25, 0.3) is 0 Å². The predicted octanol–water partition coefficient (Wildman–Crippen LogP) is 3.73. The number of likely N-dealkylation sites (N-methyl/N-ethyl adjacent to an activating group) is 1. The molecule has 0 spiro atoms. The molecule has 0 bridgehead atoms. The monoisotopic (exact) mass is 390 g/mol. The Balaban J connectivity index is 2.47. The SMILES string of the molecule is CCN(CC)CCc1c(C)c(C(=O)c2ccc(Cl)cc2)n(C)c1CC(=O)O. The van der Waals surface area contributed by atoms with E-state index in [4.69, 9.17) is 11.6 Å². The van der Waals surface area contributed by atoms with E-state index in [1.165, 1.54) is 0 Å². The molecule has 5 nitrogen and oxygen atoms in total. The summed E-state index contributed by atoms with van der Waals surface area (Å²) in [6, 6.07) is 6.77. The van der Waals surface area contributed by atoms with Crippen molar-refractivity contribution < 1.29 is 14.7 Å². The minimum absolute atomic E-state index is 0.0984. The van der Waals surface area contributed by atoms with E-state index in [0.717, 1.165) is 37.2 Å². The van der Waals surface area contributed by atoms with Crippen LogP contribution < -0.4 is 0 Å². The first kappa shape index (κ1) is 21.2. The summed E-state index contributed by atoms with van der Waals surface area (Å²) in [4.78, 5) is 26.8. The molecule has 0 unspecified atom stereocenters. The summed E-state index contributed by atoms with van der Waals surface area (Å²) in [6.07, 6.45) is 0.622. The molecule has 27 heavy (non-hydrogen) atoms. The molecule has 6 heteroatoms. The highest BCUT2D eigenvalue weighted by Crippen LogP contribution is 2.26. The normalized spacial score (nSPS) is 11.2. The van der Waals surface area contributed by atoms with Gasteiger partial charge in [-0.2, -0.15) is 0 Å². The minimum atomic E-state index is -0.898. The summed E-state index contributed by atoms with van der Waals surface area (Å²) in [5, 5.41) is 9.92. The van der Waals surface area contributed by atoms with Crippen molar-refractivity contribution in [3.63, 3.8) is 0 Å². The number of aliphatic carboxylic acids is 1. The molecule has 1 aromatic carbocycles. The molecule has 146 valence electrons. The summed E-state index contributed by atoms with van der Waals surface area (Å²) in [7, 11) is 1.77. The first-order chi connectivity index (χ1) is 12.8. The first-order valence-electron chi connectivity index (χ1n) is 9.21. The fourth-order valence-corrected chi connectivity index (χ4v) is 3.64. The molecule has 1 aromatic heterocycles. The number of ketones is 1. The molecule has 1 heterocycles. The topological polar surface area (TPSA) is 62.5 Å². The van der Waals surface area contributed by atoms with E-state index in [9.17, 15) is 14.7 Å². The summed E-state index contributed by atoms with van der Waals surface area (Å²) in [6.45, 7) is 8.83. The zero-order valence-electron chi connectivity index (χ0n) is 16.4.